The molecule has 5 heteroatoms. The van der Waals surface area contributed by atoms with Crippen LogP contribution in [0.25, 0.3) is 0 Å². The molecule has 1 aliphatic heterocycles. The molecule has 1 rings (SSSR count). The maximum atomic E-state index is 11.0. The van der Waals surface area contributed by atoms with E-state index in [1.165, 1.54) is 18.6 Å². The van der Waals surface area contributed by atoms with Crippen molar-refractivity contribution < 1.29 is 9.53 Å². The predicted molar refractivity (Wildman–Crippen MR) is 70.8 cm³/mol. The molecule has 0 aromatic rings. The van der Waals surface area contributed by atoms with Crippen molar-refractivity contribution in [2.45, 2.75) is 44.3 Å². The number of ether oxygens (including phenoxy) is 1. The van der Waals surface area contributed by atoms with Crippen molar-refractivity contribution >= 4 is 40.0 Å². The zero-order valence-electron chi connectivity index (χ0n) is 9.07. The van der Waals surface area contributed by atoms with Crippen LogP contribution >= 0.6 is 34.0 Å². The third kappa shape index (κ3) is 7.36. The predicted octanol–water partition coefficient (Wildman–Crippen LogP) is 3.69. The molecule has 15 heavy (non-hydrogen) atoms. The van der Waals surface area contributed by atoms with E-state index in [0.717, 1.165) is 18.1 Å². The minimum atomic E-state index is -0.0408. The number of unbranched alkanes of at least 4 members (excludes halogenated alkanes) is 1. The number of carbonyl (C=O) groups excluding carboxylic acids is 1. The standard InChI is InChI=1S/C10H18O2S2.ClH/c1-2-12-10(11)6-4-3-5-9-7-8-13-14-9;/h9H,2-8H2,1H3;1H. The Morgan fingerprint density at radius 3 is 2.87 bits per heavy atom. The molecule has 0 bridgehead atoms. The van der Waals surface area contributed by atoms with Gasteiger partial charge in [0.1, 0.15) is 0 Å². The lowest BCUT2D eigenvalue weighted by molar-refractivity contribution is -0.143. The Kier molecular flexibility index (Phi) is 9.97. The van der Waals surface area contributed by atoms with E-state index in [2.05, 4.69) is 0 Å². The Morgan fingerprint density at radius 1 is 1.47 bits per heavy atom. The van der Waals surface area contributed by atoms with Crippen LogP contribution in [0.1, 0.15) is 39.0 Å². The van der Waals surface area contributed by atoms with Crippen LogP contribution in [-0.4, -0.2) is 23.6 Å². The molecule has 0 N–H and O–H groups in total. The zero-order chi connectivity index (χ0) is 10.2. The fourth-order valence-corrected chi connectivity index (χ4v) is 4.47. The molecule has 1 atom stereocenters. The van der Waals surface area contributed by atoms with Crippen molar-refractivity contribution in [2.24, 2.45) is 0 Å². The van der Waals surface area contributed by atoms with Crippen molar-refractivity contribution in [3.8, 4) is 0 Å². The molecule has 1 fully saturated rings. The Labute approximate surface area is 106 Å². The Bertz CT molecular complexity index is 173. The van der Waals surface area contributed by atoms with Crippen LogP contribution in [0.15, 0.2) is 0 Å². The van der Waals surface area contributed by atoms with Gasteiger partial charge in [0.15, 0.2) is 0 Å². The summed E-state index contributed by atoms with van der Waals surface area (Å²) in [7, 11) is 3.99. The molecule has 2 nitrogen and oxygen atoms in total. The van der Waals surface area contributed by atoms with Crippen molar-refractivity contribution in [3.63, 3.8) is 0 Å². The van der Waals surface area contributed by atoms with Crippen LogP contribution in [0.5, 0.6) is 0 Å². The second kappa shape index (κ2) is 9.67. The summed E-state index contributed by atoms with van der Waals surface area (Å²) >= 11 is 0. The monoisotopic (exact) mass is 270 g/mol. The summed E-state index contributed by atoms with van der Waals surface area (Å²) in [5.74, 6) is 1.26. The molecular formula is C10H19ClO2S2. The SMILES string of the molecule is CCOC(=O)CCCCC1CCSS1.Cl. The van der Waals surface area contributed by atoms with Gasteiger partial charge in [-0.15, -0.1) is 12.4 Å². The molecule has 0 aliphatic carbocycles. The highest BCUT2D eigenvalue weighted by molar-refractivity contribution is 8.77. The number of rotatable bonds is 6. The van der Waals surface area contributed by atoms with E-state index in [0.29, 0.717) is 13.0 Å². The Hall–Kier alpha value is 0.460. The summed E-state index contributed by atoms with van der Waals surface area (Å²) < 4.78 is 4.87. The van der Waals surface area contributed by atoms with Crippen LogP contribution in [0.4, 0.5) is 0 Å². The van der Waals surface area contributed by atoms with E-state index in [1.54, 1.807) is 0 Å². The maximum absolute atomic E-state index is 11.0. The number of esters is 1. The fourth-order valence-electron chi connectivity index (χ4n) is 1.44. The van der Waals surface area contributed by atoms with E-state index < -0.39 is 0 Å². The molecule has 1 unspecified atom stereocenters. The first-order valence-corrected chi connectivity index (χ1v) is 7.65. The average Bonchev–Trinajstić information content (AvgIpc) is 2.65. The van der Waals surface area contributed by atoms with Gasteiger partial charge in [-0.3, -0.25) is 4.79 Å². The topological polar surface area (TPSA) is 26.3 Å². The lowest BCUT2D eigenvalue weighted by atomic mass is 10.1. The third-order valence-electron chi connectivity index (χ3n) is 2.19. The van der Waals surface area contributed by atoms with Gasteiger partial charge < -0.3 is 4.74 Å². The summed E-state index contributed by atoms with van der Waals surface area (Å²) in [5.41, 5.74) is 0. The molecule has 1 aliphatic rings. The van der Waals surface area contributed by atoms with Gasteiger partial charge in [0.2, 0.25) is 0 Å². The van der Waals surface area contributed by atoms with Crippen LogP contribution < -0.4 is 0 Å². The highest BCUT2D eigenvalue weighted by Gasteiger charge is 2.15. The van der Waals surface area contributed by atoms with Gasteiger partial charge in [-0.25, -0.2) is 0 Å². The molecule has 0 radical (unpaired) electrons. The highest BCUT2D eigenvalue weighted by Crippen LogP contribution is 2.39. The van der Waals surface area contributed by atoms with Gasteiger partial charge in [-0.2, -0.15) is 0 Å². The van der Waals surface area contributed by atoms with Crippen molar-refractivity contribution in [2.75, 3.05) is 12.4 Å². The molecule has 0 saturated carbocycles. The van der Waals surface area contributed by atoms with Gasteiger partial charge >= 0.3 is 5.97 Å². The van der Waals surface area contributed by atoms with Gasteiger partial charge in [0.05, 0.1) is 6.61 Å². The normalized spacial score (nSPS) is 19.7. The van der Waals surface area contributed by atoms with E-state index in [4.69, 9.17) is 4.74 Å². The molecule has 0 spiro atoms. The van der Waals surface area contributed by atoms with Crippen LogP contribution in [-0.2, 0) is 9.53 Å². The lowest BCUT2D eigenvalue weighted by Gasteiger charge is -2.06. The fraction of sp³-hybridized carbons (Fsp3) is 0.900. The molecule has 0 aromatic heterocycles. The van der Waals surface area contributed by atoms with E-state index in [1.807, 2.05) is 28.5 Å². The summed E-state index contributed by atoms with van der Waals surface area (Å²) in [5, 5.41) is 0.835. The quantitative estimate of drug-likeness (QED) is 0.418. The summed E-state index contributed by atoms with van der Waals surface area (Å²) in [4.78, 5) is 11.0. The minimum Gasteiger partial charge on any atom is -0.466 e. The van der Waals surface area contributed by atoms with Crippen LogP contribution in [0.2, 0.25) is 0 Å². The maximum Gasteiger partial charge on any atom is 0.305 e. The number of halogens is 1. The Morgan fingerprint density at radius 2 is 2.27 bits per heavy atom. The second-order valence-electron chi connectivity index (χ2n) is 3.38. The first kappa shape index (κ1) is 15.5. The largest absolute Gasteiger partial charge is 0.466 e. The van der Waals surface area contributed by atoms with Crippen LogP contribution in [0.3, 0.4) is 0 Å². The average molecular weight is 271 g/mol. The first-order chi connectivity index (χ1) is 6.83. The highest BCUT2D eigenvalue weighted by atomic mass is 35.5. The molecule has 90 valence electrons. The third-order valence-corrected chi connectivity index (χ3v) is 5.20. The van der Waals surface area contributed by atoms with Crippen LogP contribution in [0, 0.1) is 0 Å². The van der Waals surface area contributed by atoms with Gasteiger partial charge in [-0.05, 0) is 26.2 Å². The summed E-state index contributed by atoms with van der Waals surface area (Å²) in [6.07, 6.45) is 5.35. The molecule has 0 aromatic carbocycles. The van der Waals surface area contributed by atoms with Crippen molar-refractivity contribution in [3.05, 3.63) is 0 Å². The van der Waals surface area contributed by atoms with E-state index in [-0.39, 0.29) is 18.4 Å². The van der Waals surface area contributed by atoms with Crippen molar-refractivity contribution in [1.29, 1.82) is 0 Å². The number of hydrogen-bond acceptors (Lipinski definition) is 4. The van der Waals surface area contributed by atoms with E-state index >= 15 is 0 Å². The number of hydrogen-bond donors (Lipinski definition) is 0. The van der Waals surface area contributed by atoms with Gasteiger partial charge in [-0.1, -0.05) is 28.0 Å². The second-order valence-corrected chi connectivity index (χ2v) is 6.17. The van der Waals surface area contributed by atoms with Gasteiger partial charge in [0.25, 0.3) is 0 Å². The van der Waals surface area contributed by atoms with Crippen molar-refractivity contribution in [1.82, 2.24) is 0 Å². The van der Waals surface area contributed by atoms with Gasteiger partial charge in [0, 0.05) is 17.4 Å². The minimum absolute atomic E-state index is 0. The molecule has 1 heterocycles. The Balaban J connectivity index is 0.00000196. The first-order valence-electron chi connectivity index (χ1n) is 5.27. The molecular weight excluding hydrogens is 252 g/mol. The smallest absolute Gasteiger partial charge is 0.305 e. The summed E-state index contributed by atoms with van der Waals surface area (Å²) in [6.45, 7) is 2.36. The van der Waals surface area contributed by atoms with E-state index in [9.17, 15) is 4.79 Å². The number of carbonyl (C=O) groups is 1. The lowest BCUT2D eigenvalue weighted by Crippen LogP contribution is -2.04. The molecule has 1 saturated heterocycles. The summed E-state index contributed by atoms with van der Waals surface area (Å²) in [6, 6.07) is 0. The molecule has 0 amide bonds. The zero-order valence-corrected chi connectivity index (χ0v) is 11.5.